The van der Waals surface area contributed by atoms with Crippen molar-refractivity contribution < 1.29 is 19.7 Å². The first-order valence-corrected chi connectivity index (χ1v) is 12.4. The summed E-state index contributed by atoms with van der Waals surface area (Å²) in [7, 11) is 3.45. The Bertz CT molecular complexity index is 889. The standard InChI is InChI=1S/2C15H24O2/c1-11-9-12(7-6-8-16)10-13(14(11)17-5)15(2,3)4;1-11-9-12(7-6-8-16)14(17-5)13(10-11)15(2,3)4/h2*9-10,16H,6-8H2,1-5H3. The minimum Gasteiger partial charge on any atom is -0.496 e. The largest absolute Gasteiger partial charge is 0.496 e. The van der Waals surface area contributed by atoms with Gasteiger partial charge in [0, 0.05) is 24.3 Å². The number of methoxy groups -OCH3 is 2. The summed E-state index contributed by atoms with van der Waals surface area (Å²) in [5.74, 6) is 1.97. The summed E-state index contributed by atoms with van der Waals surface area (Å²) in [4.78, 5) is 0. The molecular weight excluding hydrogens is 424 g/mol. The minimum absolute atomic E-state index is 0.0747. The van der Waals surface area contributed by atoms with E-state index in [9.17, 15) is 0 Å². The lowest BCUT2D eigenvalue weighted by molar-refractivity contribution is 0.287. The third kappa shape index (κ3) is 8.63. The van der Waals surface area contributed by atoms with E-state index in [0.717, 1.165) is 37.2 Å². The van der Waals surface area contributed by atoms with E-state index < -0.39 is 0 Å². The van der Waals surface area contributed by atoms with Crippen molar-refractivity contribution in [3.63, 3.8) is 0 Å². The molecule has 0 saturated carbocycles. The van der Waals surface area contributed by atoms with Crippen molar-refractivity contribution in [1.29, 1.82) is 0 Å². The van der Waals surface area contributed by atoms with E-state index in [-0.39, 0.29) is 24.0 Å². The third-order valence-electron chi connectivity index (χ3n) is 5.90. The van der Waals surface area contributed by atoms with Crippen LogP contribution in [0.4, 0.5) is 0 Å². The zero-order chi connectivity index (χ0) is 26.1. The lowest BCUT2D eigenvalue weighted by Crippen LogP contribution is -2.14. The highest BCUT2D eigenvalue weighted by Crippen LogP contribution is 2.36. The molecule has 4 heteroatoms. The molecule has 2 rings (SSSR count). The molecule has 0 bridgehead atoms. The molecule has 192 valence electrons. The van der Waals surface area contributed by atoms with Crippen LogP contribution in [0.5, 0.6) is 11.5 Å². The fraction of sp³-hybridized carbons (Fsp3) is 0.600. The van der Waals surface area contributed by atoms with Crippen molar-refractivity contribution in [3.8, 4) is 11.5 Å². The fourth-order valence-electron chi connectivity index (χ4n) is 4.21. The molecule has 0 saturated heterocycles. The monoisotopic (exact) mass is 472 g/mol. The average molecular weight is 473 g/mol. The molecule has 0 aliphatic rings. The van der Waals surface area contributed by atoms with Gasteiger partial charge >= 0.3 is 0 Å². The zero-order valence-electron chi connectivity index (χ0n) is 23.3. The molecule has 4 nitrogen and oxygen atoms in total. The van der Waals surface area contributed by atoms with Gasteiger partial charge in [0.2, 0.25) is 0 Å². The lowest BCUT2D eigenvalue weighted by Gasteiger charge is -2.25. The highest BCUT2D eigenvalue weighted by atomic mass is 16.5. The molecule has 2 aromatic rings. The summed E-state index contributed by atoms with van der Waals surface area (Å²) in [5, 5.41) is 17.9. The first-order valence-electron chi connectivity index (χ1n) is 12.4. The summed E-state index contributed by atoms with van der Waals surface area (Å²) in [6.07, 6.45) is 3.38. The Kier molecular flexibility index (Phi) is 11.6. The maximum Gasteiger partial charge on any atom is 0.125 e. The quantitative estimate of drug-likeness (QED) is 0.463. The number of aliphatic hydroxyl groups is 2. The molecular formula is C30H48O4. The average Bonchev–Trinajstić information content (AvgIpc) is 2.74. The number of aryl methyl sites for hydroxylation is 4. The Morgan fingerprint density at radius 1 is 0.676 bits per heavy atom. The summed E-state index contributed by atoms with van der Waals surface area (Å²) in [5.41, 5.74) is 7.54. The second-order valence-corrected chi connectivity index (χ2v) is 11.2. The summed E-state index contributed by atoms with van der Waals surface area (Å²) >= 11 is 0. The molecule has 0 aliphatic carbocycles. The SMILES string of the molecule is COc1c(C)cc(CCCO)cc1C(C)(C)C.COc1c(CCCO)cc(C)cc1C(C)(C)C. The Labute approximate surface area is 208 Å². The maximum atomic E-state index is 8.95. The van der Waals surface area contributed by atoms with Crippen LogP contribution in [0.3, 0.4) is 0 Å². The van der Waals surface area contributed by atoms with Crippen molar-refractivity contribution in [2.75, 3.05) is 27.4 Å². The second-order valence-electron chi connectivity index (χ2n) is 11.2. The predicted molar refractivity (Wildman–Crippen MR) is 144 cm³/mol. The third-order valence-corrected chi connectivity index (χ3v) is 5.90. The molecule has 2 aromatic carbocycles. The number of ether oxygens (including phenoxy) is 2. The van der Waals surface area contributed by atoms with Crippen molar-refractivity contribution in [1.82, 2.24) is 0 Å². The topological polar surface area (TPSA) is 58.9 Å². The molecule has 0 fully saturated rings. The van der Waals surface area contributed by atoms with E-state index in [1.165, 1.54) is 33.4 Å². The minimum atomic E-state index is 0.0747. The van der Waals surface area contributed by atoms with E-state index >= 15 is 0 Å². The molecule has 0 amide bonds. The maximum absolute atomic E-state index is 8.95. The van der Waals surface area contributed by atoms with Crippen molar-refractivity contribution in [3.05, 3.63) is 57.6 Å². The van der Waals surface area contributed by atoms with Crippen molar-refractivity contribution >= 4 is 0 Å². The smallest absolute Gasteiger partial charge is 0.125 e. The van der Waals surface area contributed by atoms with Crippen LogP contribution in [0.15, 0.2) is 24.3 Å². The summed E-state index contributed by atoms with van der Waals surface area (Å²) in [6, 6.07) is 8.72. The van der Waals surface area contributed by atoms with Gasteiger partial charge in [0.25, 0.3) is 0 Å². The van der Waals surface area contributed by atoms with E-state index in [1.807, 2.05) is 0 Å². The highest BCUT2D eigenvalue weighted by Gasteiger charge is 2.22. The van der Waals surface area contributed by atoms with Crippen LogP contribution in [0.1, 0.15) is 87.8 Å². The van der Waals surface area contributed by atoms with Crippen LogP contribution in [-0.2, 0) is 23.7 Å². The molecule has 0 aliphatic heterocycles. The van der Waals surface area contributed by atoms with E-state index in [4.69, 9.17) is 19.7 Å². The summed E-state index contributed by atoms with van der Waals surface area (Å²) < 4.78 is 11.1. The van der Waals surface area contributed by atoms with Gasteiger partial charge in [-0.05, 0) is 67.1 Å². The van der Waals surface area contributed by atoms with Gasteiger partial charge in [-0.25, -0.2) is 0 Å². The normalized spacial score (nSPS) is 11.6. The molecule has 0 atom stereocenters. The van der Waals surface area contributed by atoms with Crippen LogP contribution >= 0.6 is 0 Å². The van der Waals surface area contributed by atoms with Gasteiger partial charge < -0.3 is 19.7 Å². The van der Waals surface area contributed by atoms with E-state index in [1.54, 1.807) is 14.2 Å². The molecule has 0 heterocycles. The Hall–Kier alpha value is -2.04. The molecule has 0 radical (unpaired) electrons. The lowest BCUT2D eigenvalue weighted by atomic mass is 9.83. The van der Waals surface area contributed by atoms with Crippen LogP contribution in [0.25, 0.3) is 0 Å². The number of benzene rings is 2. The van der Waals surface area contributed by atoms with Crippen LogP contribution in [0.2, 0.25) is 0 Å². The molecule has 34 heavy (non-hydrogen) atoms. The fourth-order valence-corrected chi connectivity index (χ4v) is 4.21. The molecule has 2 N–H and O–H groups in total. The van der Waals surface area contributed by atoms with Gasteiger partial charge in [-0.2, -0.15) is 0 Å². The van der Waals surface area contributed by atoms with Gasteiger partial charge in [0.15, 0.2) is 0 Å². The molecule has 0 unspecified atom stereocenters. The molecule has 0 aromatic heterocycles. The number of aliphatic hydroxyl groups excluding tert-OH is 2. The van der Waals surface area contributed by atoms with Crippen LogP contribution in [-0.4, -0.2) is 37.6 Å². The number of hydrogen-bond donors (Lipinski definition) is 2. The summed E-state index contributed by atoms with van der Waals surface area (Å²) in [6.45, 7) is 17.8. The van der Waals surface area contributed by atoms with Gasteiger partial charge in [-0.1, -0.05) is 71.4 Å². The number of rotatable bonds is 8. The Morgan fingerprint density at radius 2 is 1.18 bits per heavy atom. The van der Waals surface area contributed by atoms with Gasteiger partial charge in [0.1, 0.15) is 11.5 Å². The number of hydrogen-bond acceptors (Lipinski definition) is 4. The van der Waals surface area contributed by atoms with Gasteiger partial charge in [0.05, 0.1) is 14.2 Å². The van der Waals surface area contributed by atoms with Crippen LogP contribution < -0.4 is 9.47 Å². The van der Waals surface area contributed by atoms with Crippen LogP contribution in [0, 0.1) is 13.8 Å². The van der Waals surface area contributed by atoms with Gasteiger partial charge in [-0.15, -0.1) is 0 Å². The van der Waals surface area contributed by atoms with Crippen molar-refractivity contribution in [2.24, 2.45) is 0 Å². The predicted octanol–water partition coefficient (Wildman–Crippen LogP) is 6.45. The first-order chi connectivity index (χ1) is 15.8. The van der Waals surface area contributed by atoms with E-state index in [0.29, 0.717) is 0 Å². The van der Waals surface area contributed by atoms with Gasteiger partial charge in [-0.3, -0.25) is 0 Å². The first kappa shape index (κ1) is 30.0. The molecule has 0 spiro atoms. The second kappa shape index (κ2) is 13.2. The van der Waals surface area contributed by atoms with Crippen molar-refractivity contribution in [2.45, 2.75) is 91.9 Å². The zero-order valence-corrected chi connectivity index (χ0v) is 23.3. The Morgan fingerprint density at radius 3 is 1.65 bits per heavy atom. The highest BCUT2D eigenvalue weighted by molar-refractivity contribution is 5.48. The van der Waals surface area contributed by atoms with E-state index in [2.05, 4.69) is 79.7 Å². The Balaban J connectivity index is 0.000000340.